The van der Waals surface area contributed by atoms with E-state index in [2.05, 4.69) is 0 Å². The summed E-state index contributed by atoms with van der Waals surface area (Å²) < 4.78 is 0. The zero-order valence-corrected chi connectivity index (χ0v) is 8.03. The van der Waals surface area contributed by atoms with E-state index in [0.29, 0.717) is 24.4 Å². The summed E-state index contributed by atoms with van der Waals surface area (Å²) >= 11 is 0. The van der Waals surface area contributed by atoms with E-state index in [0.717, 1.165) is 11.1 Å². The van der Waals surface area contributed by atoms with Gasteiger partial charge < -0.3 is 0 Å². The summed E-state index contributed by atoms with van der Waals surface area (Å²) in [7, 11) is 0. The van der Waals surface area contributed by atoms with Crippen LogP contribution in [0.15, 0.2) is 6.07 Å². The SMILES string of the molecule is Cc1cc(C=O)c(C=O)c(C=O)c1C. The van der Waals surface area contributed by atoms with E-state index >= 15 is 0 Å². The van der Waals surface area contributed by atoms with Crippen LogP contribution in [-0.2, 0) is 0 Å². The first-order valence-electron chi connectivity index (χ1n) is 4.15. The molecule has 14 heavy (non-hydrogen) atoms. The van der Waals surface area contributed by atoms with Crippen LogP contribution in [0.1, 0.15) is 42.2 Å². The summed E-state index contributed by atoms with van der Waals surface area (Å²) in [5.74, 6) is 0. The van der Waals surface area contributed by atoms with Gasteiger partial charge in [-0.25, -0.2) is 0 Å². The molecule has 0 atom stereocenters. The summed E-state index contributed by atoms with van der Waals surface area (Å²) in [5, 5.41) is 0. The quantitative estimate of drug-likeness (QED) is 0.682. The Hall–Kier alpha value is -1.77. The normalized spacial score (nSPS) is 9.57. The van der Waals surface area contributed by atoms with E-state index in [4.69, 9.17) is 0 Å². The van der Waals surface area contributed by atoms with Gasteiger partial charge >= 0.3 is 0 Å². The maximum Gasteiger partial charge on any atom is 0.151 e. The number of carbonyl (C=O) groups is 3. The van der Waals surface area contributed by atoms with E-state index in [1.54, 1.807) is 19.9 Å². The van der Waals surface area contributed by atoms with Gasteiger partial charge in [-0.3, -0.25) is 14.4 Å². The molecule has 1 rings (SSSR count). The highest BCUT2D eigenvalue weighted by atomic mass is 16.1. The van der Waals surface area contributed by atoms with Gasteiger partial charge in [0.1, 0.15) is 0 Å². The third-order valence-corrected chi connectivity index (χ3v) is 2.33. The van der Waals surface area contributed by atoms with Gasteiger partial charge in [-0.15, -0.1) is 0 Å². The van der Waals surface area contributed by atoms with E-state index in [9.17, 15) is 14.4 Å². The van der Waals surface area contributed by atoms with Gasteiger partial charge in [0, 0.05) is 16.7 Å². The first-order valence-corrected chi connectivity index (χ1v) is 4.15. The second-order valence-electron chi connectivity index (χ2n) is 3.09. The van der Waals surface area contributed by atoms with Gasteiger partial charge in [0.25, 0.3) is 0 Å². The van der Waals surface area contributed by atoms with Gasteiger partial charge in [0.15, 0.2) is 18.9 Å². The van der Waals surface area contributed by atoms with Gasteiger partial charge in [0.05, 0.1) is 0 Å². The van der Waals surface area contributed by atoms with Crippen molar-refractivity contribution in [3.63, 3.8) is 0 Å². The zero-order chi connectivity index (χ0) is 10.7. The number of hydrogen-bond acceptors (Lipinski definition) is 3. The second-order valence-corrected chi connectivity index (χ2v) is 3.09. The Kier molecular flexibility index (Phi) is 2.92. The number of aldehydes is 3. The van der Waals surface area contributed by atoms with Crippen LogP contribution < -0.4 is 0 Å². The van der Waals surface area contributed by atoms with Gasteiger partial charge in [-0.05, 0) is 31.0 Å². The van der Waals surface area contributed by atoms with Crippen LogP contribution >= 0.6 is 0 Å². The summed E-state index contributed by atoms with van der Waals surface area (Å²) in [6, 6.07) is 1.61. The fraction of sp³-hybridized carbons (Fsp3) is 0.182. The lowest BCUT2D eigenvalue weighted by Crippen LogP contribution is -2.02. The minimum atomic E-state index is 0.179. The molecule has 3 nitrogen and oxygen atoms in total. The maximum absolute atomic E-state index is 10.8. The lowest BCUT2D eigenvalue weighted by Gasteiger charge is -2.08. The van der Waals surface area contributed by atoms with Gasteiger partial charge in [-0.2, -0.15) is 0 Å². The first kappa shape index (κ1) is 10.3. The predicted octanol–water partition coefficient (Wildman–Crippen LogP) is 1.74. The van der Waals surface area contributed by atoms with Crippen molar-refractivity contribution >= 4 is 18.9 Å². The minimum absolute atomic E-state index is 0.179. The number of hydrogen-bond donors (Lipinski definition) is 0. The van der Waals surface area contributed by atoms with E-state index in [-0.39, 0.29) is 11.1 Å². The smallest absolute Gasteiger partial charge is 0.151 e. The molecule has 0 fully saturated rings. The van der Waals surface area contributed by atoms with Crippen LogP contribution in [0.2, 0.25) is 0 Å². The fourth-order valence-corrected chi connectivity index (χ4v) is 1.37. The van der Waals surface area contributed by atoms with Gasteiger partial charge in [-0.1, -0.05) is 0 Å². The molecule has 0 amide bonds. The molecule has 0 N–H and O–H groups in total. The molecule has 0 saturated heterocycles. The van der Waals surface area contributed by atoms with Crippen LogP contribution in [-0.4, -0.2) is 18.9 Å². The molecule has 72 valence electrons. The van der Waals surface area contributed by atoms with Crippen LogP contribution in [0.3, 0.4) is 0 Å². The molecule has 0 radical (unpaired) electrons. The van der Waals surface area contributed by atoms with Crippen molar-refractivity contribution in [3.05, 3.63) is 33.9 Å². The standard InChI is InChI=1S/C11H10O3/c1-7-3-9(4-12)11(6-14)10(5-13)8(7)2/h3-6H,1-2H3. The third kappa shape index (κ3) is 1.48. The molecule has 0 saturated carbocycles. The molecular formula is C11H10O3. The molecule has 0 heterocycles. The third-order valence-electron chi connectivity index (χ3n) is 2.33. The van der Waals surface area contributed by atoms with Crippen molar-refractivity contribution in [3.8, 4) is 0 Å². The Morgan fingerprint density at radius 2 is 1.50 bits per heavy atom. The summed E-state index contributed by atoms with van der Waals surface area (Å²) in [6.07, 6.45) is 1.74. The molecule has 1 aromatic carbocycles. The highest BCUT2D eigenvalue weighted by molar-refractivity contribution is 5.99. The van der Waals surface area contributed by atoms with Crippen molar-refractivity contribution in [1.29, 1.82) is 0 Å². The number of aryl methyl sites for hydroxylation is 1. The monoisotopic (exact) mass is 190 g/mol. The topological polar surface area (TPSA) is 51.2 Å². The lowest BCUT2D eigenvalue weighted by atomic mass is 9.95. The predicted molar refractivity (Wildman–Crippen MR) is 52.1 cm³/mol. The highest BCUT2D eigenvalue weighted by Crippen LogP contribution is 2.18. The molecule has 0 bridgehead atoms. The van der Waals surface area contributed by atoms with Crippen molar-refractivity contribution in [2.75, 3.05) is 0 Å². The van der Waals surface area contributed by atoms with Crippen molar-refractivity contribution < 1.29 is 14.4 Å². The Morgan fingerprint density at radius 1 is 0.929 bits per heavy atom. The molecule has 0 aliphatic carbocycles. The molecule has 3 heteroatoms. The average Bonchev–Trinajstić information content (AvgIpc) is 2.20. The lowest BCUT2D eigenvalue weighted by molar-refractivity contribution is 0.108. The summed E-state index contributed by atoms with van der Waals surface area (Å²) in [5.41, 5.74) is 2.33. The average molecular weight is 190 g/mol. The fourth-order valence-electron chi connectivity index (χ4n) is 1.37. The Bertz CT molecular complexity index is 405. The maximum atomic E-state index is 10.8. The van der Waals surface area contributed by atoms with Crippen LogP contribution in [0.25, 0.3) is 0 Å². The van der Waals surface area contributed by atoms with Gasteiger partial charge in [0.2, 0.25) is 0 Å². The summed E-state index contributed by atoms with van der Waals surface area (Å²) in [6.45, 7) is 3.55. The Balaban J connectivity index is 3.66. The number of carbonyl (C=O) groups excluding carboxylic acids is 3. The molecule has 0 aromatic heterocycles. The Labute approximate surface area is 81.7 Å². The van der Waals surface area contributed by atoms with Crippen molar-refractivity contribution in [2.45, 2.75) is 13.8 Å². The molecule has 0 aliphatic heterocycles. The Morgan fingerprint density at radius 3 is 1.93 bits per heavy atom. The molecule has 0 spiro atoms. The second kappa shape index (κ2) is 3.96. The molecular weight excluding hydrogens is 180 g/mol. The molecule has 0 aliphatic rings. The molecule has 0 unspecified atom stereocenters. The van der Waals surface area contributed by atoms with Crippen LogP contribution in [0.4, 0.5) is 0 Å². The van der Waals surface area contributed by atoms with Crippen LogP contribution in [0, 0.1) is 13.8 Å². The minimum Gasteiger partial charge on any atom is -0.298 e. The zero-order valence-electron chi connectivity index (χ0n) is 8.03. The van der Waals surface area contributed by atoms with E-state index in [1.807, 2.05) is 0 Å². The first-order chi connectivity index (χ1) is 6.65. The largest absolute Gasteiger partial charge is 0.298 e. The highest BCUT2D eigenvalue weighted by Gasteiger charge is 2.11. The molecule has 1 aromatic rings. The van der Waals surface area contributed by atoms with Crippen molar-refractivity contribution in [1.82, 2.24) is 0 Å². The van der Waals surface area contributed by atoms with Crippen LogP contribution in [0.5, 0.6) is 0 Å². The van der Waals surface area contributed by atoms with E-state index < -0.39 is 0 Å². The van der Waals surface area contributed by atoms with Crippen molar-refractivity contribution in [2.24, 2.45) is 0 Å². The van der Waals surface area contributed by atoms with E-state index in [1.165, 1.54) is 0 Å². The summed E-state index contributed by atoms with van der Waals surface area (Å²) in [4.78, 5) is 32.1. The number of rotatable bonds is 3. The number of benzene rings is 1.